The number of rotatable bonds is 6. The van der Waals surface area contributed by atoms with E-state index in [0.29, 0.717) is 6.61 Å². The van der Waals surface area contributed by atoms with Gasteiger partial charge in [-0.3, -0.25) is 4.79 Å². The summed E-state index contributed by atoms with van der Waals surface area (Å²) in [6.45, 7) is 5.45. The number of amides is 1. The van der Waals surface area contributed by atoms with E-state index in [2.05, 4.69) is 32.0 Å². The van der Waals surface area contributed by atoms with Gasteiger partial charge in [0.25, 0.3) is 5.91 Å². The molecule has 0 aromatic heterocycles. The molecule has 3 aromatic rings. The zero-order valence-corrected chi connectivity index (χ0v) is 16.9. The van der Waals surface area contributed by atoms with Gasteiger partial charge in [-0.15, -0.1) is 0 Å². The van der Waals surface area contributed by atoms with Crippen LogP contribution in [0.25, 0.3) is 11.6 Å². The molecule has 1 amide bonds. The summed E-state index contributed by atoms with van der Waals surface area (Å²) in [6.07, 6.45) is 2.90. The van der Waals surface area contributed by atoms with Gasteiger partial charge in [-0.25, -0.2) is 0 Å². The number of anilines is 1. The van der Waals surface area contributed by atoms with Crippen LogP contribution in [0.2, 0.25) is 0 Å². The van der Waals surface area contributed by atoms with Gasteiger partial charge in [-0.2, -0.15) is 0 Å². The molecule has 0 atom stereocenters. The van der Waals surface area contributed by atoms with Crippen LogP contribution in [0.15, 0.2) is 72.8 Å². The summed E-state index contributed by atoms with van der Waals surface area (Å²) < 4.78 is 5.90. The van der Waals surface area contributed by atoms with Crippen LogP contribution < -0.4 is 9.64 Å². The third-order valence-corrected chi connectivity index (χ3v) is 5.09. The lowest BCUT2D eigenvalue weighted by Gasteiger charge is -2.15. The molecule has 3 heteroatoms. The minimum atomic E-state index is 0.0767. The van der Waals surface area contributed by atoms with E-state index in [4.69, 9.17) is 4.74 Å². The molecule has 0 aliphatic carbocycles. The molecule has 0 N–H and O–H groups in total. The number of para-hydroxylation sites is 1. The summed E-state index contributed by atoms with van der Waals surface area (Å²) in [5.74, 6) is 0.896. The Morgan fingerprint density at radius 1 is 0.966 bits per heavy atom. The van der Waals surface area contributed by atoms with Crippen LogP contribution in [0.3, 0.4) is 0 Å². The van der Waals surface area contributed by atoms with Crippen molar-refractivity contribution >= 4 is 23.2 Å². The van der Waals surface area contributed by atoms with E-state index in [0.717, 1.165) is 46.7 Å². The van der Waals surface area contributed by atoms with Crippen LogP contribution in [0.1, 0.15) is 35.6 Å². The van der Waals surface area contributed by atoms with Crippen molar-refractivity contribution in [3.63, 3.8) is 0 Å². The van der Waals surface area contributed by atoms with Crippen molar-refractivity contribution in [3.8, 4) is 5.75 Å². The fourth-order valence-corrected chi connectivity index (χ4v) is 3.69. The molecule has 0 fully saturated rings. The van der Waals surface area contributed by atoms with Crippen molar-refractivity contribution in [2.24, 2.45) is 0 Å². The predicted octanol–water partition coefficient (Wildman–Crippen LogP) is 5.87. The van der Waals surface area contributed by atoms with E-state index in [1.54, 1.807) is 0 Å². The van der Waals surface area contributed by atoms with Gasteiger partial charge in [0.1, 0.15) is 12.4 Å². The number of aryl methyl sites for hydroxylation is 1. The summed E-state index contributed by atoms with van der Waals surface area (Å²) in [6, 6.07) is 24.2. The second-order valence-corrected chi connectivity index (χ2v) is 7.38. The Kier molecular flexibility index (Phi) is 5.48. The Hall–Kier alpha value is -3.33. The minimum Gasteiger partial charge on any atom is -0.489 e. The molecular weight excluding hydrogens is 358 g/mol. The molecule has 1 aliphatic rings. The van der Waals surface area contributed by atoms with Crippen molar-refractivity contribution in [1.82, 2.24) is 0 Å². The monoisotopic (exact) mass is 383 g/mol. The number of carbonyl (C=O) groups excluding carboxylic acids is 1. The van der Waals surface area contributed by atoms with Gasteiger partial charge < -0.3 is 9.64 Å². The van der Waals surface area contributed by atoms with E-state index in [1.807, 2.05) is 65.6 Å². The van der Waals surface area contributed by atoms with E-state index < -0.39 is 0 Å². The first-order valence-corrected chi connectivity index (χ1v) is 10.1. The standard InChI is InChI=1S/C26H25NO2/c1-3-15-27-25-10-5-4-9-23(25)24(26(27)28)17-20-11-13-22(14-12-20)29-18-21-8-6-7-19(2)16-21/h4-14,16-17H,3,15,18H2,1-2H3/b24-17-. The topological polar surface area (TPSA) is 29.5 Å². The molecule has 0 unspecified atom stereocenters. The lowest BCUT2D eigenvalue weighted by Crippen LogP contribution is -2.26. The number of hydrogen-bond acceptors (Lipinski definition) is 2. The van der Waals surface area contributed by atoms with E-state index in [9.17, 15) is 4.79 Å². The molecule has 1 heterocycles. The maximum absolute atomic E-state index is 12.9. The van der Waals surface area contributed by atoms with E-state index in [1.165, 1.54) is 5.56 Å². The van der Waals surface area contributed by atoms with Gasteiger partial charge in [0, 0.05) is 17.7 Å². The van der Waals surface area contributed by atoms with Gasteiger partial charge >= 0.3 is 0 Å². The van der Waals surface area contributed by atoms with Crippen LogP contribution in [0.5, 0.6) is 5.75 Å². The molecule has 0 saturated carbocycles. The van der Waals surface area contributed by atoms with Gasteiger partial charge in [0.05, 0.1) is 5.69 Å². The first kappa shape index (κ1) is 19.0. The van der Waals surface area contributed by atoms with Crippen LogP contribution in [-0.2, 0) is 11.4 Å². The molecule has 29 heavy (non-hydrogen) atoms. The zero-order valence-electron chi connectivity index (χ0n) is 16.9. The maximum Gasteiger partial charge on any atom is 0.258 e. The van der Waals surface area contributed by atoms with Crippen molar-refractivity contribution in [2.75, 3.05) is 11.4 Å². The average molecular weight is 383 g/mol. The summed E-state index contributed by atoms with van der Waals surface area (Å²) in [5, 5.41) is 0. The van der Waals surface area contributed by atoms with Gasteiger partial charge in [-0.1, -0.05) is 67.1 Å². The number of hydrogen-bond donors (Lipinski definition) is 0. The van der Waals surface area contributed by atoms with Crippen molar-refractivity contribution in [1.29, 1.82) is 0 Å². The minimum absolute atomic E-state index is 0.0767. The molecule has 4 rings (SSSR count). The quantitative estimate of drug-likeness (QED) is 0.498. The number of carbonyl (C=O) groups is 1. The third-order valence-electron chi connectivity index (χ3n) is 5.09. The first-order chi connectivity index (χ1) is 14.2. The third kappa shape index (κ3) is 4.09. The van der Waals surface area contributed by atoms with Crippen LogP contribution >= 0.6 is 0 Å². The number of nitrogens with zero attached hydrogens (tertiary/aromatic N) is 1. The molecule has 0 radical (unpaired) electrons. The Balaban J connectivity index is 1.52. The molecule has 1 aliphatic heterocycles. The highest BCUT2D eigenvalue weighted by atomic mass is 16.5. The normalized spacial score (nSPS) is 14.3. The second-order valence-electron chi connectivity index (χ2n) is 7.38. The van der Waals surface area contributed by atoms with E-state index >= 15 is 0 Å². The van der Waals surface area contributed by atoms with Crippen LogP contribution in [0.4, 0.5) is 5.69 Å². The average Bonchev–Trinajstić information content (AvgIpc) is 3.00. The van der Waals surface area contributed by atoms with Gasteiger partial charge in [-0.05, 0) is 48.7 Å². The number of ether oxygens (including phenoxy) is 1. The van der Waals surface area contributed by atoms with Gasteiger partial charge in [0.15, 0.2) is 0 Å². The lowest BCUT2D eigenvalue weighted by atomic mass is 10.0. The molecule has 146 valence electrons. The maximum atomic E-state index is 12.9. The predicted molar refractivity (Wildman–Crippen MR) is 119 cm³/mol. The fourth-order valence-electron chi connectivity index (χ4n) is 3.69. The largest absolute Gasteiger partial charge is 0.489 e. The first-order valence-electron chi connectivity index (χ1n) is 10.1. The SMILES string of the molecule is CCCN1C(=O)/C(=C\c2ccc(OCc3cccc(C)c3)cc2)c2ccccc21. The molecule has 0 saturated heterocycles. The number of benzene rings is 3. The summed E-state index contributed by atoms with van der Waals surface area (Å²) in [5.41, 5.74) is 6.13. The number of fused-ring (bicyclic) bond motifs is 1. The van der Waals surface area contributed by atoms with Gasteiger partial charge in [0.2, 0.25) is 0 Å². The summed E-state index contributed by atoms with van der Waals surface area (Å²) in [7, 11) is 0. The molecular formula is C26H25NO2. The zero-order chi connectivity index (χ0) is 20.2. The lowest BCUT2D eigenvalue weighted by molar-refractivity contribution is -0.113. The Morgan fingerprint density at radius 3 is 2.52 bits per heavy atom. The van der Waals surface area contributed by atoms with Crippen LogP contribution in [0, 0.1) is 6.92 Å². The van der Waals surface area contributed by atoms with Crippen molar-refractivity contribution in [3.05, 3.63) is 95.1 Å². The second kappa shape index (κ2) is 8.36. The summed E-state index contributed by atoms with van der Waals surface area (Å²) in [4.78, 5) is 14.8. The Bertz CT molecular complexity index is 1050. The molecule has 0 spiro atoms. The fraction of sp³-hybridized carbons (Fsp3) is 0.192. The van der Waals surface area contributed by atoms with E-state index in [-0.39, 0.29) is 5.91 Å². The Morgan fingerprint density at radius 2 is 1.76 bits per heavy atom. The summed E-state index contributed by atoms with van der Waals surface area (Å²) >= 11 is 0. The van der Waals surface area contributed by atoms with Crippen molar-refractivity contribution < 1.29 is 9.53 Å². The molecule has 0 bridgehead atoms. The highest BCUT2D eigenvalue weighted by Gasteiger charge is 2.31. The van der Waals surface area contributed by atoms with Crippen molar-refractivity contribution in [2.45, 2.75) is 26.9 Å². The Labute approximate surface area is 172 Å². The molecule has 3 aromatic carbocycles. The highest BCUT2D eigenvalue weighted by molar-refractivity contribution is 6.35. The molecule has 3 nitrogen and oxygen atoms in total. The smallest absolute Gasteiger partial charge is 0.258 e. The van der Waals surface area contributed by atoms with Crippen LogP contribution in [-0.4, -0.2) is 12.5 Å². The highest BCUT2D eigenvalue weighted by Crippen LogP contribution is 2.37.